The van der Waals surface area contributed by atoms with E-state index < -0.39 is 48.3 Å². The Labute approximate surface area is 194 Å². The lowest BCUT2D eigenvalue weighted by molar-refractivity contribution is -0.177. The van der Waals surface area contributed by atoms with Crippen LogP contribution in [-0.2, 0) is 38.2 Å². The molecule has 11 heteroatoms. The van der Waals surface area contributed by atoms with Crippen LogP contribution < -0.4 is 0 Å². The van der Waals surface area contributed by atoms with Crippen molar-refractivity contribution in [3.63, 3.8) is 0 Å². The van der Waals surface area contributed by atoms with Crippen molar-refractivity contribution in [1.29, 1.82) is 0 Å². The van der Waals surface area contributed by atoms with Gasteiger partial charge in [-0.3, -0.25) is 19.2 Å². The highest BCUT2D eigenvalue weighted by atomic mass is 16.6. The van der Waals surface area contributed by atoms with Gasteiger partial charge in [-0.15, -0.1) is 0 Å². The van der Waals surface area contributed by atoms with Gasteiger partial charge in [-0.05, 0) is 33.6 Å². The Morgan fingerprint density at radius 1 is 0.606 bits per heavy atom. The van der Waals surface area contributed by atoms with E-state index in [2.05, 4.69) is 14.2 Å². The molecule has 0 aliphatic heterocycles. The van der Waals surface area contributed by atoms with Crippen molar-refractivity contribution in [2.45, 2.75) is 90.6 Å². The molecule has 0 rings (SSSR count). The Hall–Kier alpha value is -2.69. The van der Waals surface area contributed by atoms with Gasteiger partial charge in [0.1, 0.15) is 0 Å². The first-order valence-electron chi connectivity index (χ1n) is 11.2. The molecular weight excluding hydrogens is 440 g/mol. The van der Waals surface area contributed by atoms with Gasteiger partial charge in [0, 0.05) is 12.8 Å². The van der Waals surface area contributed by atoms with Crippen molar-refractivity contribution in [3.8, 4) is 0 Å². The molecule has 0 saturated heterocycles. The molecule has 0 aliphatic carbocycles. The summed E-state index contributed by atoms with van der Waals surface area (Å²) in [5.41, 5.74) is -2.26. The van der Waals surface area contributed by atoms with Crippen LogP contribution in [0.4, 0.5) is 0 Å². The second kappa shape index (κ2) is 20.0. The molecule has 0 spiro atoms. The van der Waals surface area contributed by atoms with E-state index in [0.29, 0.717) is 0 Å². The van der Waals surface area contributed by atoms with Crippen molar-refractivity contribution in [2.75, 3.05) is 19.8 Å². The van der Waals surface area contributed by atoms with Crippen LogP contribution in [0, 0.1) is 0 Å². The van der Waals surface area contributed by atoms with Gasteiger partial charge in [0.15, 0.2) is 5.60 Å². The number of aliphatic carboxylic acids is 2. The van der Waals surface area contributed by atoms with Crippen LogP contribution in [0.25, 0.3) is 0 Å². The van der Waals surface area contributed by atoms with E-state index >= 15 is 0 Å². The van der Waals surface area contributed by atoms with Crippen LogP contribution in [0.5, 0.6) is 0 Å². The Balaban J connectivity index is 0. The van der Waals surface area contributed by atoms with Crippen LogP contribution in [0.2, 0.25) is 0 Å². The molecule has 33 heavy (non-hydrogen) atoms. The average molecular weight is 479 g/mol. The molecular formula is C22H38O11. The second-order valence-electron chi connectivity index (χ2n) is 7.12. The van der Waals surface area contributed by atoms with E-state index in [1.807, 2.05) is 0 Å². The number of ether oxygens (including phenoxy) is 3. The SMILES string of the molecule is CCOC(=O)CC(O)(CC(=O)OCC)C(=O)OCC.O=C(O)CCCCCCCCC(=O)O. The van der Waals surface area contributed by atoms with Crippen LogP contribution in [0.15, 0.2) is 0 Å². The lowest BCUT2D eigenvalue weighted by Gasteiger charge is -2.23. The second-order valence-corrected chi connectivity index (χ2v) is 7.12. The third kappa shape index (κ3) is 19.7. The number of carbonyl (C=O) groups is 5. The van der Waals surface area contributed by atoms with Crippen molar-refractivity contribution in [1.82, 2.24) is 0 Å². The first kappa shape index (κ1) is 32.5. The summed E-state index contributed by atoms with van der Waals surface area (Å²) >= 11 is 0. The third-order valence-corrected chi connectivity index (χ3v) is 4.17. The summed E-state index contributed by atoms with van der Waals surface area (Å²) in [6.45, 7) is 4.97. The molecule has 0 aromatic rings. The summed E-state index contributed by atoms with van der Waals surface area (Å²) < 4.78 is 14.0. The fourth-order valence-corrected chi connectivity index (χ4v) is 2.63. The number of aliphatic hydroxyl groups is 1. The molecule has 0 aliphatic rings. The van der Waals surface area contributed by atoms with Gasteiger partial charge in [-0.25, -0.2) is 4.79 Å². The number of hydrogen-bond donors (Lipinski definition) is 3. The molecule has 0 unspecified atom stereocenters. The summed E-state index contributed by atoms with van der Waals surface area (Å²) in [4.78, 5) is 54.7. The predicted octanol–water partition coefficient (Wildman–Crippen LogP) is 2.46. The molecule has 0 aromatic heterocycles. The Bertz CT molecular complexity index is 561. The van der Waals surface area contributed by atoms with Crippen molar-refractivity contribution in [2.24, 2.45) is 0 Å². The van der Waals surface area contributed by atoms with Crippen molar-refractivity contribution >= 4 is 29.8 Å². The molecule has 192 valence electrons. The summed E-state index contributed by atoms with van der Waals surface area (Å²) in [5.74, 6) is -4.10. The molecule has 0 heterocycles. The van der Waals surface area contributed by atoms with Gasteiger partial charge in [-0.2, -0.15) is 0 Å². The molecule has 0 aromatic carbocycles. The van der Waals surface area contributed by atoms with E-state index in [9.17, 15) is 29.1 Å². The van der Waals surface area contributed by atoms with Gasteiger partial charge < -0.3 is 29.5 Å². The van der Waals surface area contributed by atoms with Gasteiger partial charge >= 0.3 is 29.8 Å². The number of unbranched alkanes of at least 4 members (excludes halogenated alkanes) is 5. The highest BCUT2D eigenvalue weighted by Gasteiger charge is 2.43. The predicted molar refractivity (Wildman–Crippen MR) is 116 cm³/mol. The lowest BCUT2D eigenvalue weighted by atomic mass is 9.95. The van der Waals surface area contributed by atoms with E-state index in [0.717, 1.165) is 38.5 Å². The third-order valence-electron chi connectivity index (χ3n) is 4.17. The molecule has 0 bridgehead atoms. The quantitative estimate of drug-likeness (QED) is 0.159. The standard InChI is InChI=1S/C12H20O7.C10H18O4/c1-4-17-9(13)7-12(16,11(15)19-6-3)8-10(14)18-5-2;11-9(12)7-5-3-1-2-4-6-8-10(13)14/h16H,4-8H2,1-3H3;1-8H2,(H,11,12)(H,13,14). The monoisotopic (exact) mass is 478 g/mol. The first-order valence-corrected chi connectivity index (χ1v) is 11.2. The fourth-order valence-electron chi connectivity index (χ4n) is 2.63. The van der Waals surface area contributed by atoms with E-state index in [1.54, 1.807) is 20.8 Å². The maximum absolute atomic E-state index is 11.7. The number of carboxylic acid groups (broad SMARTS) is 2. The van der Waals surface area contributed by atoms with Gasteiger partial charge in [-0.1, -0.05) is 25.7 Å². The zero-order valence-corrected chi connectivity index (χ0v) is 19.8. The number of esters is 3. The van der Waals surface area contributed by atoms with Crippen molar-refractivity contribution < 1.29 is 53.5 Å². The molecule has 0 atom stereocenters. The Kier molecular flexibility index (Phi) is 19.6. The molecule has 0 radical (unpaired) electrons. The lowest BCUT2D eigenvalue weighted by Crippen LogP contribution is -2.44. The van der Waals surface area contributed by atoms with Gasteiger partial charge in [0.25, 0.3) is 0 Å². The largest absolute Gasteiger partial charge is 0.481 e. The summed E-state index contributed by atoms with van der Waals surface area (Å²) in [6.07, 6.45) is 4.52. The van der Waals surface area contributed by atoms with Crippen LogP contribution >= 0.6 is 0 Å². The first-order chi connectivity index (χ1) is 15.5. The zero-order valence-electron chi connectivity index (χ0n) is 19.8. The summed E-state index contributed by atoms with van der Waals surface area (Å²) in [6, 6.07) is 0. The minimum Gasteiger partial charge on any atom is -0.481 e. The number of hydrogen-bond acceptors (Lipinski definition) is 9. The zero-order chi connectivity index (χ0) is 25.7. The number of carboxylic acids is 2. The molecule has 11 nitrogen and oxygen atoms in total. The van der Waals surface area contributed by atoms with Crippen LogP contribution in [-0.4, -0.2) is 70.6 Å². The van der Waals surface area contributed by atoms with Gasteiger partial charge in [0.05, 0.1) is 32.7 Å². The van der Waals surface area contributed by atoms with Crippen LogP contribution in [0.3, 0.4) is 0 Å². The highest BCUT2D eigenvalue weighted by Crippen LogP contribution is 2.19. The molecule has 0 saturated carbocycles. The Morgan fingerprint density at radius 3 is 1.24 bits per heavy atom. The summed E-state index contributed by atoms with van der Waals surface area (Å²) in [5, 5.41) is 26.8. The minimum absolute atomic E-state index is 0.0206. The normalized spacial score (nSPS) is 10.4. The van der Waals surface area contributed by atoms with E-state index in [4.69, 9.17) is 10.2 Å². The maximum atomic E-state index is 11.7. The van der Waals surface area contributed by atoms with Crippen molar-refractivity contribution in [3.05, 3.63) is 0 Å². The number of carbonyl (C=O) groups excluding carboxylic acids is 3. The maximum Gasteiger partial charge on any atom is 0.339 e. The summed E-state index contributed by atoms with van der Waals surface area (Å²) in [7, 11) is 0. The number of rotatable bonds is 17. The molecule has 3 N–H and O–H groups in total. The fraction of sp³-hybridized carbons (Fsp3) is 0.773. The highest BCUT2D eigenvalue weighted by molar-refractivity contribution is 5.90. The van der Waals surface area contributed by atoms with Crippen LogP contribution in [0.1, 0.15) is 85.0 Å². The molecule has 0 amide bonds. The van der Waals surface area contributed by atoms with Gasteiger partial charge in [0.2, 0.25) is 0 Å². The molecule has 0 fully saturated rings. The van der Waals surface area contributed by atoms with E-state index in [1.165, 1.54) is 0 Å². The minimum atomic E-state index is -2.26. The van der Waals surface area contributed by atoms with E-state index in [-0.39, 0.29) is 32.7 Å². The smallest absolute Gasteiger partial charge is 0.339 e. The average Bonchev–Trinajstić information content (AvgIpc) is 2.70. The Morgan fingerprint density at radius 2 is 0.939 bits per heavy atom. The topological polar surface area (TPSA) is 174 Å².